The van der Waals surface area contributed by atoms with Gasteiger partial charge in [-0.1, -0.05) is 6.07 Å². The summed E-state index contributed by atoms with van der Waals surface area (Å²) in [5, 5.41) is 8.90. The van der Waals surface area contributed by atoms with Crippen LogP contribution in [0, 0.1) is 0 Å². The van der Waals surface area contributed by atoms with Gasteiger partial charge in [-0.05, 0) is 37.5 Å². The molecule has 2 amide bonds. The second kappa shape index (κ2) is 8.20. The number of carbonyl (C=O) groups is 1. The normalized spacial score (nSPS) is 13.4. The molecule has 0 aliphatic heterocycles. The van der Waals surface area contributed by atoms with E-state index in [0.717, 1.165) is 11.3 Å². The number of urea groups is 1. The van der Waals surface area contributed by atoms with Crippen molar-refractivity contribution in [2.45, 2.75) is 38.8 Å². The average Bonchev–Trinajstić information content (AvgIpc) is 3.37. The number of carbonyl (C=O) groups excluding carboxylic acids is 1. The molecule has 0 saturated heterocycles. The zero-order valence-electron chi connectivity index (χ0n) is 14.5. The number of methoxy groups -OCH3 is 1. The number of aromatic nitrogens is 1. The molecule has 7 heteroatoms. The molecular formula is C18H23N3O3S. The van der Waals surface area contributed by atoms with Crippen molar-refractivity contribution < 1.29 is 14.3 Å². The Labute approximate surface area is 151 Å². The summed E-state index contributed by atoms with van der Waals surface area (Å²) in [7, 11) is 1.60. The van der Waals surface area contributed by atoms with Gasteiger partial charge in [-0.3, -0.25) is 0 Å². The predicted molar refractivity (Wildman–Crippen MR) is 97.3 cm³/mol. The van der Waals surface area contributed by atoms with Crippen LogP contribution in [0.15, 0.2) is 23.6 Å². The molecule has 2 aromatic rings. The van der Waals surface area contributed by atoms with E-state index in [1.165, 1.54) is 17.8 Å². The Morgan fingerprint density at radius 3 is 2.80 bits per heavy atom. The van der Waals surface area contributed by atoms with Gasteiger partial charge >= 0.3 is 6.03 Å². The molecule has 1 heterocycles. The van der Waals surface area contributed by atoms with E-state index in [-0.39, 0.29) is 6.03 Å². The van der Waals surface area contributed by atoms with Crippen LogP contribution in [-0.2, 0) is 13.1 Å². The Hall–Kier alpha value is -2.28. The lowest BCUT2D eigenvalue weighted by atomic mass is 10.2. The number of hydrogen-bond acceptors (Lipinski definition) is 5. The van der Waals surface area contributed by atoms with E-state index in [1.54, 1.807) is 18.4 Å². The Kier molecular flexibility index (Phi) is 5.75. The third-order valence-corrected chi connectivity index (χ3v) is 4.96. The molecule has 2 N–H and O–H groups in total. The van der Waals surface area contributed by atoms with Crippen LogP contribution < -0.4 is 20.1 Å². The first-order valence-corrected chi connectivity index (χ1v) is 9.33. The molecule has 0 atom stereocenters. The molecule has 1 aromatic carbocycles. The molecule has 0 bridgehead atoms. The average molecular weight is 361 g/mol. The quantitative estimate of drug-likeness (QED) is 0.756. The summed E-state index contributed by atoms with van der Waals surface area (Å²) in [4.78, 5) is 16.5. The first-order valence-electron chi connectivity index (χ1n) is 8.45. The monoisotopic (exact) mass is 361 g/mol. The summed E-state index contributed by atoms with van der Waals surface area (Å²) in [6.45, 7) is 3.37. The minimum Gasteiger partial charge on any atom is -0.493 e. The summed E-state index contributed by atoms with van der Waals surface area (Å²) >= 11 is 1.68. The second-order valence-electron chi connectivity index (χ2n) is 5.91. The minimum absolute atomic E-state index is 0.214. The van der Waals surface area contributed by atoms with E-state index in [9.17, 15) is 4.79 Å². The van der Waals surface area contributed by atoms with Crippen LogP contribution in [-0.4, -0.2) is 24.7 Å². The van der Waals surface area contributed by atoms with Gasteiger partial charge in [0.1, 0.15) is 0 Å². The van der Waals surface area contributed by atoms with Gasteiger partial charge in [-0.15, -0.1) is 11.3 Å². The molecule has 1 fully saturated rings. The van der Waals surface area contributed by atoms with Crippen LogP contribution in [0.5, 0.6) is 11.5 Å². The van der Waals surface area contributed by atoms with Gasteiger partial charge in [0.25, 0.3) is 0 Å². The van der Waals surface area contributed by atoms with Crippen LogP contribution in [0.25, 0.3) is 0 Å². The molecule has 1 aliphatic carbocycles. The van der Waals surface area contributed by atoms with Crippen molar-refractivity contribution in [2.24, 2.45) is 0 Å². The van der Waals surface area contributed by atoms with Crippen LogP contribution in [0.1, 0.15) is 41.9 Å². The number of hydrogen-bond donors (Lipinski definition) is 2. The van der Waals surface area contributed by atoms with E-state index in [2.05, 4.69) is 15.6 Å². The first-order chi connectivity index (χ1) is 12.2. The summed E-state index contributed by atoms with van der Waals surface area (Å²) in [5.74, 6) is 2.02. The van der Waals surface area contributed by atoms with Gasteiger partial charge < -0.3 is 20.1 Å². The number of thiazole rings is 1. The van der Waals surface area contributed by atoms with E-state index < -0.39 is 0 Å². The smallest absolute Gasteiger partial charge is 0.315 e. The maximum Gasteiger partial charge on any atom is 0.315 e. The van der Waals surface area contributed by atoms with Crippen molar-refractivity contribution in [1.29, 1.82) is 0 Å². The first kappa shape index (κ1) is 17.5. The molecule has 3 rings (SSSR count). The topological polar surface area (TPSA) is 72.5 Å². The van der Waals surface area contributed by atoms with Gasteiger partial charge in [-0.2, -0.15) is 0 Å². The van der Waals surface area contributed by atoms with Crippen molar-refractivity contribution in [2.75, 3.05) is 13.7 Å². The molecule has 6 nitrogen and oxygen atoms in total. The van der Waals surface area contributed by atoms with Crippen molar-refractivity contribution in [1.82, 2.24) is 15.6 Å². The minimum atomic E-state index is -0.214. The fourth-order valence-corrected chi connectivity index (χ4v) is 3.42. The zero-order valence-corrected chi connectivity index (χ0v) is 15.3. The largest absolute Gasteiger partial charge is 0.493 e. The van der Waals surface area contributed by atoms with Crippen LogP contribution >= 0.6 is 11.3 Å². The van der Waals surface area contributed by atoms with Gasteiger partial charge in [-0.25, -0.2) is 9.78 Å². The van der Waals surface area contributed by atoms with Gasteiger partial charge in [0.05, 0.1) is 31.0 Å². The van der Waals surface area contributed by atoms with Gasteiger partial charge in [0, 0.05) is 17.8 Å². The Morgan fingerprint density at radius 1 is 1.28 bits per heavy atom. The molecule has 0 radical (unpaired) electrons. The predicted octanol–water partition coefficient (Wildman–Crippen LogP) is 3.43. The molecule has 1 saturated carbocycles. The molecule has 0 unspecified atom stereocenters. The van der Waals surface area contributed by atoms with Crippen LogP contribution in [0.4, 0.5) is 4.79 Å². The summed E-state index contributed by atoms with van der Waals surface area (Å²) in [6, 6.07) is 5.42. The van der Waals surface area contributed by atoms with Crippen molar-refractivity contribution in [3.05, 3.63) is 39.8 Å². The Bertz CT molecular complexity index is 728. The lowest BCUT2D eigenvalue weighted by Crippen LogP contribution is -2.34. The van der Waals surface area contributed by atoms with E-state index in [4.69, 9.17) is 9.47 Å². The number of rotatable bonds is 8. The number of benzene rings is 1. The highest BCUT2D eigenvalue weighted by Gasteiger charge is 2.26. The Morgan fingerprint density at radius 2 is 2.08 bits per heavy atom. The maximum absolute atomic E-state index is 12.0. The van der Waals surface area contributed by atoms with Crippen LogP contribution in [0.3, 0.4) is 0 Å². The fraction of sp³-hybridized carbons (Fsp3) is 0.444. The number of ether oxygens (including phenoxy) is 2. The highest BCUT2D eigenvalue weighted by molar-refractivity contribution is 7.09. The van der Waals surface area contributed by atoms with Gasteiger partial charge in [0.2, 0.25) is 0 Å². The van der Waals surface area contributed by atoms with Crippen molar-refractivity contribution in [3.63, 3.8) is 0 Å². The third-order valence-electron chi connectivity index (χ3n) is 3.91. The SMILES string of the molecule is CCOc1ccc(CNC(=O)NCc2csc(C3CC3)n2)cc1OC. The number of nitrogens with zero attached hydrogens (tertiary/aromatic N) is 1. The lowest BCUT2D eigenvalue weighted by molar-refractivity contribution is 0.240. The molecule has 1 aromatic heterocycles. The van der Waals surface area contributed by atoms with Gasteiger partial charge in [0.15, 0.2) is 11.5 Å². The van der Waals surface area contributed by atoms with E-state index in [1.807, 2.05) is 30.5 Å². The Balaban J connectivity index is 1.46. The summed E-state index contributed by atoms with van der Waals surface area (Å²) in [6.07, 6.45) is 2.48. The number of amides is 2. The summed E-state index contributed by atoms with van der Waals surface area (Å²) in [5.41, 5.74) is 1.87. The number of nitrogens with one attached hydrogen (secondary N) is 2. The van der Waals surface area contributed by atoms with Crippen molar-refractivity contribution in [3.8, 4) is 11.5 Å². The molecule has 1 aliphatic rings. The third kappa shape index (κ3) is 4.85. The zero-order chi connectivity index (χ0) is 17.6. The second-order valence-corrected chi connectivity index (χ2v) is 6.80. The molecule has 0 spiro atoms. The maximum atomic E-state index is 12.0. The highest BCUT2D eigenvalue weighted by atomic mass is 32.1. The van der Waals surface area contributed by atoms with Crippen molar-refractivity contribution >= 4 is 17.4 Å². The van der Waals surface area contributed by atoms with E-state index >= 15 is 0 Å². The molecular weight excluding hydrogens is 338 g/mol. The fourth-order valence-electron chi connectivity index (χ4n) is 2.43. The molecule has 25 heavy (non-hydrogen) atoms. The summed E-state index contributed by atoms with van der Waals surface area (Å²) < 4.78 is 10.8. The van der Waals surface area contributed by atoms with Crippen LogP contribution in [0.2, 0.25) is 0 Å². The standard InChI is InChI=1S/C18H23N3O3S/c1-3-24-15-7-4-12(8-16(15)23-2)9-19-18(22)20-10-14-11-25-17(21-14)13-5-6-13/h4,7-8,11,13H,3,5-6,9-10H2,1-2H3,(H2,19,20,22). The van der Waals surface area contributed by atoms with E-state index in [0.29, 0.717) is 37.1 Å². The highest BCUT2D eigenvalue weighted by Crippen LogP contribution is 2.41. The molecule has 134 valence electrons. The lowest BCUT2D eigenvalue weighted by Gasteiger charge is -2.11.